The molecule has 0 unspecified atom stereocenters. The number of carbonyl (C=O) groups is 1. The van der Waals surface area contributed by atoms with Crippen molar-refractivity contribution < 1.29 is 14.6 Å². The quantitative estimate of drug-likeness (QED) is 0.851. The summed E-state index contributed by atoms with van der Waals surface area (Å²) in [6.45, 7) is 6.18. The van der Waals surface area contributed by atoms with E-state index in [0.29, 0.717) is 11.7 Å². The standard InChI is InChI=1S/C13H18O3/c1-5-9-6-12(16-4)11(13(14)15)7-10(9)8(2)3/h6-8H,5H2,1-4H3,(H,14,15). The first-order chi connectivity index (χ1) is 7.51. The van der Waals surface area contributed by atoms with Gasteiger partial charge in [0.25, 0.3) is 0 Å². The Bertz CT molecular complexity index is 394. The minimum absolute atomic E-state index is 0.239. The molecule has 0 heterocycles. The summed E-state index contributed by atoms with van der Waals surface area (Å²) in [6.07, 6.45) is 0.879. The predicted molar refractivity (Wildman–Crippen MR) is 63.4 cm³/mol. The number of carboxylic acid groups (broad SMARTS) is 1. The predicted octanol–water partition coefficient (Wildman–Crippen LogP) is 3.08. The first-order valence-corrected chi connectivity index (χ1v) is 5.45. The Kier molecular flexibility index (Phi) is 3.93. The van der Waals surface area contributed by atoms with Crippen LogP contribution in [0.3, 0.4) is 0 Å². The lowest BCUT2D eigenvalue weighted by Crippen LogP contribution is -2.05. The maximum absolute atomic E-state index is 11.1. The van der Waals surface area contributed by atoms with Crippen LogP contribution < -0.4 is 4.74 Å². The molecule has 0 spiro atoms. The van der Waals surface area contributed by atoms with Crippen LogP contribution in [0.25, 0.3) is 0 Å². The topological polar surface area (TPSA) is 46.5 Å². The van der Waals surface area contributed by atoms with Crippen molar-refractivity contribution in [2.24, 2.45) is 0 Å². The van der Waals surface area contributed by atoms with Crippen molar-refractivity contribution in [3.63, 3.8) is 0 Å². The van der Waals surface area contributed by atoms with Crippen LogP contribution in [0.15, 0.2) is 12.1 Å². The molecular formula is C13H18O3. The lowest BCUT2D eigenvalue weighted by Gasteiger charge is -2.15. The fourth-order valence-electron chi connectivity index (χ4n) is 1.82. The molecule has 0 aliphatic carbocycles. The summed E-state index contributed by atoms with van der Waals surface area (Å²) >= 11 is 0. The van der Waals surface area contributed by atoms with Gasteiger partial charge in [0.05, 0.1) is 7.11 Å². The number of benzene rings is 1. The molecule has 0 amide bonds. The molecule has 0 saturated carbocycles. The summed E-state index contributed by atoms with van der Waals surface area (Å²) in [6, 6.07) is 3.56. The zero-order valence-corrected chi connectivity index (χ0v) is 10.2. The molecule has 1 N–H and O–H groups in total. The number of aryl methyl sites for hydroxylation is 1. The fraction of sp³-hybridized carbons (Fsp3) is 0.462. The van der Waals surface area contributed by atoms with Gasteiger partial charge >= 0.3 is 5.97 Å². The minimum Gasteiger partial charge on any atom is -0.496 e. The van der Waals surface area contributed by atoms with Gasteiger partial charge in [0.2, 0.25) is 0 Å². The van der Waals surface area contributed by atoms with Gasteiger partial charge in [-0.2, -0.15) is 0 Å². The summed E-state index contributed by atoms with van der Waals surface area (Å²) in [5, 5.41) is 9.09. The molecule has 0 aromatic heterocycles. The van der Waals surface area contributed by atoms with Crippen LogP contribution in [-0.2, 0) is 6.42 Å². The van der Waals surface area contributed by atoms with Gasteiger partial charge in [0, 0.05) is 0 Å². The van der Waals surface area contributed by atoms with E-state index in [1.54, 1.807) is 6.07 Å². The molecule has 3 heteroatoms. The highest BCUT2D eigenvalue weighted by Gasteiger charge is 2.16. The molecule has 3 nitrogen and oxygen atoms in total. The molecule has 0 aliphatic rings. The third kappa shape index (κ3) is 2.35. The molecule has 1 aromatic rings. The van der Waals surface area contributed by atoms with Crippen molar-refractivity contribution in [2.45, 2.75) is 33.1 Å². The van der Waals surface area contributed by atoms with Crippen LogP contribution in [0, 0.1) is 0 Å². The molecule has 0 atom stereocenters. The second kappa shape index (κ2) is 5.01. The largest absolute Gasteiger partial charge is 0.496 e. The van der Waals surface area contributed by atoms with Gasteiger partial charge < -0.3 is 9.84 Å². The Morgan fingerprint density at radius 1 is 1.44 bits per heavy atom. The highest BCUT2D eigenvalue weighted by molar-refractivity contribution is 5.91. The molecule has 0 saturated heterocycles. The van der Waals surface area contributed by atoms with Crippen LogP contribution >= 0.6 is 0 Å². The number of aromatic carboxylic acids is 1. The van der Waals surface area contributed by atoms with E-state index < -0.39 is 5.97 Å². The number of ether oxygens (including phenoxy) is 1. The zero-order chi connectivity index (χ0) is 12.3. The van der Waals surface area contributed by atoms with Crippen LogP contribution in [-0.4, -0.2) is 18.2 Å². The summed E-state index contributed by atoms with van der Waals surface area (Å²) in [4.78, 5) is 11.1. The lowest BCUT2D eigenvalue weighted by atomic mass is 9.93. The van der Waals surface area contributed by atoms with E-state index >= 15 is 0 Å². The van der Waals surface area contributed by atoms with Gasteiger partial charge in [-0.1, -0.05) is 20.8 Å². The van der Waals surface area contributed by atoms with E-state index in [1.807, 2.05) is 6.07 Å². The molecule has 16 heavy (non-hydrogen) atoms. The first-order valence-electron chi connectivity index (χ1n) is 5.45. The third-order valence-electron chi connectivity index (χ3n) is 2.69. The monoisotopic (exact) mass is 222 g/mol. The fourth-order valence-corrected chi connectivity index (χ4v) is 1.82. The van der Waals surface area contributed by atoms with Crippen LogP contribution in [0.5, 0.6) is 5.75 Å². The molecule has 0 radical (unpaired) electrons. The smallest absolute Gasteiger partial charge is 0.339 e. The number of carboxylic acids is 1. The Balaban J connectivity index is 3.40. The Morgan fingerprint density at radius 2 is 2.06 bits per heavy atom. The summed E-state index contributed by atoms with van der Waals surface area (Å²) < 4.78 is 5.10. The highest BCUT2D eigenvalue weighted by Crippen LogP contribution is 2.28. The molecule has 1 rings (SSSR count). The average molecular weight is 222 g/mol. The molecule has 0 fully saturated rings. The molecule has 1 aromatic carbocycles. The van der Waals surface area contributed by atoms with Crippen molar-refractivity contribution in [1.82, 2.24) is 0 Å². The van der Waals surface area contributed by atoms with Crippen molar-refractivity contribution in [3.8, 4) is 5.75 Å². The number of hydrogen-bond donors (Lipinski definition) is 1. The lowest BCUT2D eigenvalue weighted by molar-refractivity contribution is 0.0693. The molecule has 88 valence electrons. The Labute approximate surface area is 96.1 Å². The zero-order valence-electron chi connectivity index (χ0n) is 10.2. The first kappa shape index (κ1) is 12.6. The van der Waals surface area contributed by atoms with Crippen molar-refractivity contribution in [3.05, 3.63) is 28.8 Å². The Hall–Kier alpha value is -1.51. The van der Waals surface area contributed by atoms with Crippen LogP contribution in [0.4, 0.5) is 0 Å². The van der Waals surface area contributed by atoms with E-state index in [0.717, 1.165) is 17.5 Å². The third-order valence-corrected chi connectivity index (χ3v) is 2.69. The van der Waals surface area contributed by atoms with Crippen molar-refractivity contribution >= 4 is 5.97 Å². The minimum atomic E-state index is -0.943. The average Bonchev–Trinajstić information content (AvgIpc) is 2.26. The summed E-state index contributed by atoms with van der Waals surface area (Å²) in [5.41, 5.74) is 2.47. The van der Waals surface area contributed by atoms with Crippen LogP contribution in [0.2, 0.25) is 0 Å². The molecular weight excluding hydrogens is 204 g/mol. The maximum Gasteiger partial charge on any atom is 0.339 e. The van der Waals surface area contributed by atoms with Gasteiger partial charge in [-0.05, 0) is 35.6 Å². The van der Waals surface area contributed by atoms with Gasteiger partial charge in [-0.15, -0.1) is 0 Å². The maximum atomic E-state index is 11.1. The SMILES string of the molecule is CCc1cc(OC)c(C(=O)O)cc1C(C)C. The second-order valence-electron chi connectivity index (χ2n) is 4.06. The van der Waals surface area contributed by atoms with Gasteiger partial charge in [-0.3, -0.25) is 0 Å². The van der Waals surface area contributed by atoms with Crippen LogP contribution in [0.1, 0.15) is 48.2 Å². The Morgan fingerprint density at radius 3 is 2.44 bits per heavy atom. The summed E-state index contributed by atoms with van der Waals surface area (Å²) in [7, 11) is 1.50. The number of hydrogen-bond acceptors (Lipinski definition) is 2. The number of rotatable bonds is 4. The van der Waals surface area contributed by atoms with E-state index in [2.05, 4.69) is 20.8 Å². The van der Waals surface area contributed by atoms with Crippen molar-refractivity contribution in [1.29, 1.82) is 0 Å². The van der Waals surface area contributed by atoms with Crippen molar-refractivity contribution in [2.75, 3.05) is 7.11 Å². The van der Waals surface area contributed by atoms with Gasteiger partial charge in [-0.25, -0.2) is 4.79 Å². The van der Waals surface area contributed by atoms with Gasteiger partial charge in [0.15, 0.2) is 0 Å². The van der Waals surface area contributed by atoms with E-state index in [4.69, 9.17) is 9.84 Å². The summed E-state index contributed by atoms with van der Waals surface area (Å²) in [5.74, 6) is -0.186. The number of methoxy groups -OCH3 is 1. The molecule has 0 aliphatic heterocycles. The van der Waals surface area contributed by atoms with E-state index in [1.165, 1.54) is 7.11 Å². The second-order valence-corrected chi connectivity index (χ2v) is 4.06. The van der Waals surface area contributed by atoms with E-state index in [-0.39, 0.29) is 5.56 Å². The van der Waals surface area contributed by atoms with Gasteiger partial charge in [0.1, 0.15) is 11.3 Å². The molecule has 0 bridgehead atoms. The highest BCUT2D eigenvalue weighted by atomic mass is 16.5. The van der Waals surface area contributed by atoms with E-state index in [9.17, 15) is 4.79 Å². The normalized spacial score (nSPS) is 10.6.